The summed E-state index contributed by atoms with van der Waals surface area (Å²) in [6, 6.07) is 16.3. The zero-order valence-corrected chi connectivity index (χ0v) is 19.2. The van der Waals surface area contributed by atoms with Crippen molar-refractivity contribution in [2.75, 3.05) is 38.2 Å². The molecule has 3 N–H and O–H groups in total. The van der Waals surface area contributed by atoms with E-state index in [9.17, 15) is 0 Å². The molecule has 7 heteroatoms. The van der Waals surface area contributed by atoms with Crippen molar-refractivity contribution in [1.29, 1.82) is 0 Å². The number of aryl methyl sites for hydroxylation is 1. The van der Waals surface area contributed by atoms with Crippen LogP contribution in [0.5, 0.6) is 0 Å². The molecule has 2 aromatic carbocycles. The summed E-state index contributed by atoms with van der Waals surface area (Å²) in [7, 11) is 0. The molecule has 0 spiro atoms. The number of nitrogens with zero attached hydrogens (tertiary/aromatic N) is 2. The Kier molecular flexibility index (Phi) is 9.50. The van der Waals surface area contributed by atoms with Crippen LogP contribution in [0.1, 0.15) is 24.1 Å². The highest BCUT2D eigenvalue weighted by Crippen LogP contribution is 2.25. The fraction of sp³-hybridized carbons (Fsp3) is 0.381. The normalized spacial score (nSPS) is 16.3. The minimum Gasteiger partial charge on any atom is -0.379 e. The first-order valence-electron chi connectivity index (χ1n) is 9.39. The average Bonchev–Trinajstić information content (AvgIpc) is 2.69. The quantitative estimate of drug-likeness (QED) is 0.342. The van der Waals surface area contributed by atoms with Gasteiger partial charge in [-0.3, -0.25) is 9.89 Å². The Morgan fingerprint density at radius 1 is 1.21 bits per heavy atom. The van der Waals surface area contributed by atoms with Crippen molar-refractivity contribution in [3.8, 4) is 0 Å². The standard InChI is InChI=1S/C21H27ClN4O.HI/c1-2-16-5-3-8-19(13-16)25-21(23)24-15-20(26-9-11-27-12-10-26)17-6-4-7-18(22)14-17;/h3-8,13-14,20H,2,9-12,15H2,1H3,(H3,23,24,25);1H. The Hall–Kier alpha value is -1.35. The molecular formula is C21H28ClIN4O. The van der Waals surface area contributed by atoms with Crippen molar-refractivity contribution in [1.82, 2.24) is 4.90 Å². The maximum absolute atomic E-state index is 6.21. The molecule has 3 rings (SSSR count). The van der Waals surface area contributed by atoms with Gasteiger partial charge in [-0.25, -0.2) is 0 Å². The van der Waals surface area contributed by atoms with E-state index in [-0.39, 0.29) is 30.0 Å². The second-order valence-electron chi connectivity index (χ2n) is 6.62. The topological polar surface area (TPSA) is 62.9 Å². The molecule has 5 nitrogen and oxygen atoms in total. The number of morpholine rings is 1. The molecule has 0 aliphatic carbocycles. The molecule has 0 bridgehead atoms. The van der Waals surface area contributed by atoms with Gasteiger partial charge in [-0.2, -0.15) is 0 Å². The van der Waals surface area contributed by atoms with Crippen molar-refractivity contribution in [2.45, 2.75) is 19.4 Å². The van der Waals surface area contributed by atoms with Crippen LogP contribution in [0.2, 0.25) is 5.02 Å². The summed E-state index contributed by atoms with van der Waals surface area (Å²) in [6.07, 6.45) is 0.987. The van der Waals surface area contributed by atoms with E-state index < -0.39 is 0 Å². The molecule has 1 aliphatic rings. The van der Waals surface area contributed by atoms with Crippen LogP contribution < -0.4 is 11.1 Å². The van der Waals surface area contributed by atoms with Gasteiger partial charge in [0.05, 0.1) is 25.8 Å². The first kappa shape index (κ1) is 22.9. The Morgan fingerprint density at radius 2 is 1.96 bits per heavy atom. The largest absolute Gasteiger partial charge is 0.379 e. The summed E-state index contributed by atoms with van der Waals surface area (Å²) >= 11 is 6.21. The smallest absolute Gasteiger partial charge is 0.193 e. The van der Waals surface area contributed by atoms with Crippen LogP contribution in [-0.4, -0.2) is 43.7 Å². The molecule has 1 heterocycles. The molecule has 28 heavy (non-hydrogen) atoms. The van der Waals surface area contributed by atoms with E-state index >= 15 is 0 Å². The van der Waals surface area contributed by atoms with E-state index in [1.165, 1.54) is 5.56 Å². The molecule has 0 radical (unpaired) electrons. The van der Waals surface area contributed by atoms with Crippen LogP contribution in [0.3, 0.4) is 0 Å². The zero-order chi connectivity index (χ0) is 19.1. The number of nitrogens with one attached hydrogen (secondary N) is 1. The highest BCUT2D eigenvalue weighted by molar-refractivity contribution is 14.0. The Morgan fingerprint density at radius 3 is 2.68 bits per heavy atom. The number of nitrogens with two attached hydrogens (primary N) is 1. The number of rotatable bonds is 6. The van der Waals surface area contributed by atoms with Crippen LogP contribution >= 0.6 is 35.6 Å². The highest BCUT2D eigenvalue weighted by atomic mass is 127. The fourth-order valence-corrected chi connectivity index (χ4v) is 3.47. The SMILES string of the molecule is CCc1cccc(NC(N)=NCC(c2cccc(Cl)c2)N2CCOCC2)c1.I. The van der Waals surface area contributed by atoms with Gasteiger partial charge >= 0.3 is 0 Å². The molecule has 1 saturated heterocycles. The summed E-state index contributed by atoms with van der Waals surface area (Å²) in [5.74, 6) is 0.420. The predicted molar refractivity (Wildman–Crippen MR) is 128 cm³/mol. The first-order valence-corrected chi connectivity index (χ1v) is 9.76. The van der Waals surface area contributed by atoms with Gasteiger partial charge in [-0.1, -0.05) is 42.8 Å². The van der Waals surface area contributed by atoms with Crippen molar-refractivity contribution in [3.05, 3.63) is 64.7 Å². The van der Waals surface area contributed by atoms with Crippen LogP contribution in [0.25, 0.3) is 0 Å². The summed E-state index contributed by atoms with van der Waals surface area (Å²) < 4.78 is 5.50. The summed E-state index contributed by atoms with van der Waals surface area (Å²) in [4.78, 5) is 6.99. The van der Waals surface area contributed by atoms with Gasteiger partial charge in [-0.15, -0.1) is 24.0 Å². The predicted octanol–water partition coefficient (Wildman–Crippen LogP) is 4.32. The molecule has 0 saturated carbocycles. The van der Waals surface area contributed by atoms with Crippen LogP contribution in [0.4, 0.5) is 5.69 Å². The van der Waals surface area contributed by atoms with E-state index in [0.29, 0.717) is 12.5 Å². The molecule has 1 atom stereocenters. The lowest BCUT2D eigenvalue weighted by molar-refractivity contribution is 0.0180. The van der Waals surface area contributed by atoms with E-state index in [2.05, 4.69) is 40.3 Å². The Bertz CT molecular complexity index is 781. The molecule has 152 valence electrons. The van der Waals surface area contributed by atoms with E-state index in [4.69, 9.17) is 22.1 Å². The average molecular weight is 515 g/mol. The Balaban J connectivity index is 0.00000280. The van der Waals surface area contributed by atoms with Crippen molar-refractivity contribution in [3.63, 3.8) is 0 Å². The zero-order valence-electron chi connectivity index (χ0n) is 16.1. The van der Waals surface area contributed by atoms with Crippen molar-refractivity contribution in [2.24, 2.45) is 10.7 Å². The lowest BCUT2D eigenvalue weighted by atomic mass is 10.0. The molecule has 0 aromatic heterocycles. The minimum atomic E-state index is 0. The van der Waals surface area contributed by atoms with Gasteiger partial charge in [0, 0.05) is 23.8 Å². The number of benzene rings is 2. The van der Waals surface area contributed by atoms with Gasteiger partial charge in [-0.05, 0) is 41.8 Å². The molecule has 0 amide bonds. The van der Waals surface area contributed by atoms with E-state index in [0.717, 1.165) is 49.0 Å². The maximum Gasteiger partial charge on any atom is 0.193 e. The molecule has 1 fully saturated rings. The van der Waals surface area contributed by atoms with Gasteiger partial charge < -0.3 is 15.8 Å². The molecule has 1 unspecified atom stereocenters. The third-order valence-corrected chi connectivity index (χ3v) is 5.00. The van der Waals surface area contributed by atoms with Gasteiger partial charge in [0.1, 0.15) is 0 Å². The van der Waals surface area contributed by atoms with Gasteiger partial charge in [0.2, 0.25) is 0 Å². The molecular weight excluding hydrogens is 487 g/mol. The highest BCUT2D eigenvalue weighted by Gasteiger charge is 2.22. The second kappa shape index (κ2) is 11.6. The maximum atomic E-state index is 6.21. The lowest BCUT2D eigenvalue weighted by Gasteiger charge is -2.34. The van der Waals surface area contributed by atoms with Crippen LogP contribution in [0, 0.1) is 0 Å². The van der Waals surface area contributed by atoms with Crippen LogP contribution in [0.15, 0.2) is 53.5 Å². The third-order valence-electron chi connectivity index (χ3n) is 4.76. The number of halogens is 2. The van der Waals surface area contributed by atoms with Crippen molar-refractivity contribution >= 4 is 47.2 Å². The molecule has 1 aliphatic heterocycles. The summed E-state index contributed by atoms with van der Waals surface area (Å²) in [5, 5.41) is 3.93. The summed E-state index contributed by atoms with van der Waals surface area (Å²) in [6.45, 7) is 5.91. The second-order valence-corrected chi connectivity index (χ2v) is 7.06. The van der Waals surface area contributed by atoms with E-state index in [1.807, 2.05) is 30.3 Å². The molecule has 2 aromatic rings. The number of hydrogen-bond donors (Lipinski definition) is 2. The third kappa shape index (κ3) is 6.62. The van der Waals surface area contributed by atoms with Crippen LogP contribution in [-0.2, 0) is 11.2 Å². The van der Waals surface area contributed by atoms with E-state index in [1.54, 1.807) is 0 Å². The number of aliphatic imine (C=N–C) groups is 1. The number of ether oxygens (including phenoxy) is 1. The van der Waals surface area contributed by atoms with Gasteiger partial charge in [0.15, 0.2) is 5.96 Å². The Labute approximate surface area is 189 Å². The summed E-state index contributed by atoms with van der Waals surface area (Å²) in [5.41, 5.74) is 9.52. The van der Waals surface area contributed by atoms with Crippen molar-refractivity contribution < 1.29 is 4.74 Å². The monoisotopic (exact) mass is 514 g/mol. The fourth-order valence-electron chi connectivity index (χ4n) is 3.28. The minimum absolute atomic E-state index is 0. The first-order chi connectivity index (χ1) is 13.2. The lowest BCUT2D eigenvalue weighted by Crippen LogP contribution is -2.40. The number of hydrogen-bond acceptors (Lipinski definition) is 3. The number of guanidine groups is 1. The van der Waals surface area contributed by atoms with Gasteiger partial charge in [0.25, 0.3) is 0 Å². The number of anilines is 1.